The number of ether oxygens (including phenoxy) is 2. The molecule has 3 rings (SSSR count). The summed E-state index contributed by atoms with van der Waals surface area (Å²) in [6.45, 7) is 1.44. The summed E-state index contributed by atoms with van der Waals surface area (Å²) in [4.78, 5) is 29.1. The lowest BCUT2D eigenvalue weighted by Gasteiger charge is -2.35. The zero-order valence-corrected chi connectivity index (χ0v) is 17.9. The summed E-state index contributed by atoms with van der Waals surface area (Å²) in [7, 11) is -0.364. The normalized spacial score (nSPS) is 14.4. The quantitative estimate of drug-likeness (QED) is 0.714. The molecule has 1 fully saturated rings. The third kappa shape index (κ3) is 4.56. The zero-order valence-electron chi connectivity index (χ0n) is 17.1. The molecule has 0 saturated carbocycles. The van der Waals surface area contributed by atoms with Crippen molar-refractivity contribution in [2.24, 2.45) is 0 Å². The summed E-state index contributed by atoms with van der Waals surface area (Å²) in [6.07, 6.45) is 1.11. The maximum atomic E-state index is 12.9. The van der Waals surface area contributed by atoms with Crippen LogP contribution in [-0.4, -0.2) is 76.7 Å². The van der Waals surface area contributed by atoms with Crippen LogP contribution < -0.4 is 9.47 Å². The van der Waals surface area contributed by atoms with E-state index in [1.807, 2.05) is 0 Å². The van der Waals surface area contributed by atoms with E-state index in [2.05, 4.69) is 0 Å². The monoisotopic (exact) mass is 432 g/mol. The van der Waals surface area contributed by atoms with Gasteiger partial charge in [-0.3, -0.25) is 9.59 Å². The van der Waals surface area contributed by atoms with Crippen molar-refractivity contribution < 1.29 is 27.5 Å². The molecular formula is C21H24N2O6S. The van der Waals surface area contributed by atoms with E-state index in [0.717, 1.165) is 6.26 Å². The Balaban J connectivity index is 1.69. The number of nitrogens with zero attached hydrogens (tertiary/aromatic N) is 2. The Kier molecular flexibility index (Phi) is 6.31. The summed E-state index contributed by atoms with van der Waals surface area (Å²) in [5.74, 6) is 0.584. The van der Waals surface area contributed by atoms with Crippen molar-refractivity contribution >= 4 is 21.7 Å². The molecule has 0 unspecified atom stereocenters. The van der Waals surface area contributed by atoms with Gasteiger partial charge in [-0.15, -0.1) is 0 Å². The highest BCUT2D eigenvalue weighted by atomic mass is 32.2. The SMILES string of the molecule is COc1ccc(C(=O)N2CCN(C(=O)c3cccc(S(C)(=O)=O)c3)CC2)c(OC)c1. The van der Waals surface area contributed by atoms with Gasteiger partial charge in [0, 0.05) is 44.1 Å². The molecule has 2 aromatic carbocycles. The number of carbonyl (C=O) groups is 2. The minimum absolute atomic E-state index is 0.105. The lowest BCUT2D eigenvalue weighted by atomic mass is 10.1. The lowest BCUT2D eigenvalue weighted by Crippen LogP contribution is -2.50. The second-order valence-corrected chi connectivity index (χ2v) is 8.97. The molecule has 160 valence electrons. The van der Waals surface area contributed by atoms with Crippen LogP contribution in [-0.2, 0) is 9.84 Å². The van der Waals surface area contributed by atoms with E-state index in [0.29, 0.717) is 48.8 Å². The Labute approximate surface area is 175 Å². The van der Waals surface area contributed by atoms with Crippen LogP contribution in [0.5, 0.6) is 11.5 Å². The predicted octanol–water partition coefficient (Wildman–Crippen LogP) is 1.71. The van der Waals surface area contributed by atoms with Gasteiger partial charge in [0.2, 0.25) is 0 Å². The minimum atomic E-state index is -3.40. The first kappa shape index (κ1) is 21.6. The second-order valence-electron chi connectivity index (χ2n) is 6.95. The summed E-state index contributed by atoms with van der Waals surface area (Å²) in [5.41, 5.74) is 0.744. The molecule has 2 amide bonds. The molecule has 30 heavy (non-hydrogen) atoms. The molecule has 0 spiro atoms. The van der Waals surface area contributed by atoms with Gasteiger partial charge in [0.1, 0.15) is 11.5 Å². The standard InChI is InChI=1S/C21H24N2O6S/c1-28-16-7-8-18(19(14-16)29-2)21(25)23-11-9-22(10-12-23)20(24)15-5-4-6-17(13-15)30(3,26)27/h4-8,13-14H,9-12H2,1-3H3. The highest BCUT2D eigenvalue weighted by molar-refractivity contribution is 7.90. The van der Waals surface area contributed by atoms with Crippen LogP contribution in [0.4, 0.5) is 0 Å². The Morgan fingerprint density at radius 3 is 2.07 bits per heavy atom. The average Bonchev–Trinajstić information content (AvgIpc) is 2.77. The van der Waals surface area contributed by atoms with Gasteiger partial charge in [-0.1, -0.05) is 6.07 Å². The third-order valence-electron chi connectivity index (χ3n) is 5.00. The first-order valence-corrected chi connectivity index (χ1v) is 11.2. The minimum Gasteiger partial charge on any atom is -0.497 e. The number of carbonyl (C=O) groups excluding carboxylic acids is 2. The first-order valence-electron chi connectivity index (χ1n) is 9.35. The fourth-order valence-corrected chi connectivity index (χ4v) is 3.97. The number of methoxy groups -OCH3 is 2. The largest absolute Gasteiger partial charge is 0.497 e. The maximum absolute atomic E-state index is 12.9. The molecule has 0 N–H and O–H groups in total. The zero-order chi connectivity index (χ0) is 21.9. The Morgan fingerprint density at radius 2 is 1.50 bits per heavy atom. The summed E-state index contributed by atoms with van der Waals surface area (Å²) >= 11 is 0. The Hall–Kier alpha value is -3.07. The van der Waals surface area contributed by atoms with Crippen molar-refractivity contribution in [1.29, 1.82) is 0 Å². The van der Waals surface area contributed by atoms with E-state index >= 15 is 0 Å². The van der Waals surface area contributed by atoms with E-state index < -0.39 is 9.84 Å². The van der Waals surface area contributed by atoms with Gasteiger partial charge in [0.25, 0.3) is 11.8 Å². The number of benzene rings is 2. The summed E-state index contributed by atoms with van der Waals surface area (Å²) in [5, 5.41) is 0. The number of piperazine rings is 1. The average molecular weight is 432 g/mol. The van der Waals surface area contributed by atoms with Crippen molar-refractivity contribution in [3.63, 3.8) is 0 Å². The number of amides is 2. The van der Waals surface area contributed by atoms with Crippen molar-refractivity contribution in [2.45, 2.75) is 4.90 Å². The van der Waals surface area contributed by atoms with Gasteiger partial charge < -0.3 is 19.3 Å². The van der Waals surface area contributed by atoms with Crippen LogP contribution in [0.2, 0.25) is 0 Å². The van der Waals surface area contributed by atoms with Gasteiger partial charge in [-0.05, 0) is 30.3 Å². The topological polar surface area (TPSA) is 93.2 Å². The predicted molar refractivity (Wildman–Crippen MR) is 111 cm³/mol. The lowest BCUT2D eigenvalue weighted by molar-refractivity contribution is 0.0533. The molecule has 1 saturated heterocycles. The van der Waals surface area contributed by atoms with Crippen LogP contribution >= 0.6 is 0 Å². The van der Waals surface area contributed by atoms with E-state index in [-0.39, 0.29) is 16.7 Å². The number of rotatable bonds is 5. The van der Waals surface area contributed by atoms with Gasteiger partial charge in [-0.25, -0.2) is 8.42 Å². The highest BCUT2D eigenvalue weighted by Crippen LogP contribution is 2.26. The first-order chi connectivity index (χ1) is 14.2. The molecule has 1 heterocycles. The van der Waals surface area contributed by atoms with Crippen molar-refractivity contribution in [1.82, 2.24) is 9.80 Å². The molecule has 8 nitrogen and oxygen atoms in total. The molecule has 1 aliphatic rings. The van der Waals surface area contributed by atoms with Gasteiger partial charge in [-0.2, -0.15) is 0 Å². The van der Waals surface area contributed by atoms with Crippen molar-refractivity contribution in [2.75, 3.05) is 46.7 Å². The van der Waals surface area contributed by atoms with Crippen molar-refractivity contribution in [3.8, 4) is 11.5 Å². The fraction of sp³-hybridized carbons (Fsp3) is 0.333. The van der Waals surface area contributed by atoms with Crippen LogP contribution in [0.25, 0.3) is 0 Å². The molecule has 0 radical (unpaired) electrons. The highest BCUT2D eigenvalue weighted by Gasteiger charge is 2.27. The second kappa shape index (κ2) is 8.74. The molecule has 9 heteroatoms. The summed E-state index contributed by atoms with van der Waals surface area (Å²) in [6, 6.07) is 11.0. The number of hydrogen-bond donors (Lipinski definition) is 0. The molecule has 1 aliphatic heterocycles. The number of hydrogen-bond acceptors (Lipinski definition) is 6. The van der Waals surface area contributed by atoms with E-state index in [1.165, 1.54) is 26.4 Å². The Morgan fingerprint density at radius 1 is 0.867 bits per heavy atom. The maximum Gasteiger partial charge on any atom is 0.257 e. The fourth-order valence-electron chi connectivity index (χ4n) is 3.30. The van der Waals surface area contributed by atoms with E-state index in [1.54, 1.807) is 40.1 Å². The molecule has 2 aromatic rings. The van der Waals surface area contributed by atoms with E-state index in [4.69, 9.17) is 9.47 Å². The van der Waals surface area contributed by atoms with E-state index in [9.17, 15) is 18.0 Å². The molecular weight excluding hydrogens is 408 g/mol. The van der Waals surface area contributed by atoms with Gasteiger partial charge in [0.05, 0.1) is 24.7 Å². The van der Waals surface area contributed by atoms with Crippen molar-refractivity contribution in [3.05, 3.63) is 53.6 Å². The molecule has 0 aliphatic carbocycles. The summed E-state index contributed by atoms with van der Waals surface area (Å²) < 4.78 is 34.0. The molecule has 0 aromatic heterocycles. The molecule has 0 atom stereocenters. The smallest absolute Gasteiger partial charge is 0.257 e. The van der Waals surface area contributed by atoms with Crippen LogP contribution in [0.3, 0.4) is 0 Å². The van der Waals surface area contributed by atoms with Gasteiger partial charge in [0.15, 0.2) is 9.84 Å². The van der Waals surface area contributed by atoms with Crippen LogP contribution in [0.15, 0.2) is 47.4 Å². The van der Waals surface area contributed by atoms with Crippen LogP contribution in [0, 0.1) is 0 Å². The molecule has 0 bridgehead atoms. The van der Waals surface area contributed by atoms with Gasteiger partial charge >= 0.3 is 0 Å². The number of sulfone groups is 1. The van der Waals surface area contributed by atoms with Crippen LogP contribution in [0.1, 0.15) is 20.7 Å². The Bertz CT molecular complexity index is 1060. The third-order valence-corrected chi connectivity index (χ3v) is 6.11.